The fourth-order valence-corrected chi connectivity index (χ4v) is 2.14. The van der Waals surface area contributed by atoms with Gasteiger partial charge in [-0.05, 0) is 38.5 Å². The number of aliphatic carboxylic acids is 1. The molecule has 0 aliphatic carbocycles. The van der Waals surface area contributed by atoms with Crippen molar-refractivity contribution in [2.45, 2.75) is 45.0 Å². The third-order valence-electron chi connectivity index (χ3n) is 2.82. The van der Waals surface area contributed by atoms with Crippen molar-refractivity contribution in [2.75, 3.05) is 0 Å². The standard InChI is InChI=1S/C15H17ClF3NO4/c1-14(2,3)24-13(23)20-11(12(21)22)7-8-9(15(17,18)19)5-4-6-10(8)16/h4-6,11H,7H2,1-3H3,(H,20,23)(H,21,22). The van der Waals surface area contributed by atoms with Crippen LogP contribution in [0.5, 0.6) is 0 Å². The maximum atomic E-state index is 13.0. The number of amides is 1. The molecule has 1 unspecified atom stereocenters. The normalized spacial score (nSPS) is 13.3. The second-order valence-electron chi connectivity index (χ2n) is 6.00. The molecule has 0 heterocycles. The van der Waals surface area contributed by atoms with Gasteiger partial charge in [0.1, 0.15) is 11.6 Å². The Morgan fingerprint density at radius 3 is 2.33 bits per heavy atom. The topological polar surface area (TPSA) is 75.6 Å². The molecule has 1 atom stereocenters. The molecule has 0 aliphatic rings. The maximum absolute atomic E-state index is 13.0. The van der Waals surface area contributed by atoms with Gasteiger partial charge in [0.15, 0.2) is 0 Å². The lowest BCUT2D eigenvalue weighted by atomic mass is 9.99. The minimum Gasteiger partial charge on any atom is -0.480 e. The Labute approximate surface area is 141 Å². The zero-order valence-corrected chi connectivity index (χ0v) is 14.0. The van der Waals surface area contributed by atoms with Gasteiger partial charge in [-0.2, -0.15) is 13.2 Å². The fourth-order valence-electron chi connectivity index (χ4n) is 1.89. The molecule has 24 heavy (non-hydrogen) atoms. The van der Waals surface area contributed by atoms with Crippen LogP contribution in [0.3, 0.4) is 0 Å². The van der Waals surface area contributed by atoms with Crippen LogP contribution in [-0.4, -0.2) is 28.8 Å². The Morgan fingerprint density at radius 1 is 1.29 bits per heavy atom. The largest absolute Gasteiger partial charge is 0.480 e. The van der Waals surface area contributed by atoms with Crippen molar-refractivity contribution in [1.29, 1.82) is 0 Å². The van der Waals surface area contributed by atoms with Crippen LogP contribution in [0.1, 0.15) is 31.9 Å². The molecular formula is C15H17ClF3NO4. The minimum atomic E-state index is -4.70. The predicted octanol–water partition coefficient (Wildman–Crippen LogP) is 3.88. The molecule has 1 aromatic carbocycles. The number of nitrogens with one attached hydrogen (secondary N) is 1. The molecule has 0 bridgehead atoms. The summed E-state index contributed by atoms with van der Waals surface area (Å²) in [6, 6.07) is 1.51. The highest BCUT2D eigenvalue weighted by atomic mass is 35.5. The van der Waals surface area contributed by atoms with Gasteiger partial charge in [0.25, 0.3) is 0 Å². The average Bonchev–Trinajstić information content (AvgIpc) is 2.36. The maximum Gasteiger partial charge on any atom is 0.416 e. The predicted molar refractivity (Wildman–Crippen MR) is 81.0 cm³/mol. The van der Waals surface area contributed by atoms with Gasteiger partial charge in [0.05, 0.1) is 5.56 Å². The molecule has 0 spiro atoms. The summed E-state index contributed by atoms with van der Waals surface area (Å²) in [5.41, 5.74) is -2.34. The van der Waals surface area contributed by atoms with E-state index >= 15 is 0 Å². The number of rotatable bonds is 4. The van der Waals surface area contributed by atoms with Crippen LogP contribution in [0.15, 0.2) is 18.2 Å². The molecule has 9 heteroatoms. The number of carboxylic acids is 1. The van der Waals surface area contributed by atoms with Crippen LogP contribution < -0.4 is 5.32 Å². The van der Waals surface area contributed by atoms with Gasteiger partial charge in [-0.3, -0.25) is 0 Å². The van der Waals surface area contributed by atoms with Gasteiger partial charge in [0.2, 0.25) is 0 Å². The van der Waals surface area contributed by atoms with E-state index < -0.39 is 47.4 Å². The van der Waals surface area contributed by atoms with Crippen molar-refractivity contribution < 1.29 is 32.6 Å². The number of hydrogen-bond acceptors (Lipinski definition) is 3. The lowest BCUT2D eigenvalue weighted by molar-refractivity contribution is -0.141. The highest BCUT2D eigenvalue weighted by molar-refractivity contribution is 6.31. The number of halogens is 4. The van der Waals surface area contributed by atoms with E-state index in [0.717, 1.165) is 12.1 Å². The first-order valence-corrected chi connectivity index (χ1v) is 7.26. The van der Waals surface area contributed by atoms with E-state index in [-0.39, 0.29) is 5.02 Å². The van der Waals surface area contributed by atoms with Gasteiger partial charge in [0, 0.05) is 11.4 Å². The summed E-state index contributed by atoms with van der Waals surface area (Å²) in [4.78, 5) is 23.0. The molecule has 0 radical (unpaired) electrons. The van der Waals surface area contributed by atoms with Crippen molar-refractivity contribution in [1.82, 2.24) is 5.32 Å². The molecule has 1 amide bonds. The average molecular weight is 368 g/mol. The van der Waals surface area contributed by atoms with E-state index in [0.29, 0.717) is 0 Å². The van der Waals surface area contributed by atoms with Crippen LogP contribution in [0.4, 0.5) is 18.0 Å². The Bertz CT molecular complexity index is 626. The first-order chi connectivity index (χ1) is 10.8. The summed E-state index contributed by atoms with van der Waals surface area (Å²) >= 11 is 5.79. The molecular weight excluding hydrogens is 351 g/mol. The number of benzene rings is 1. The van der Waals surface area contributed by atoms with Crippen LogP contribution in [0.25, 0.3) is 0 Å². The van der Waals surface area contributed by atoms with Gasteiger partial charge in [-0.1, -0.05) is 17.7 Å². The summed E-state index contributed by atoms with van der Waals surface area (Å²) in [6.45, 7) is 4.70. The fraction of sp³-hybridized carbons (Fsp3) is 0.467. The van der Waals surface area contributed by atoms with E-state index in [1.807, 2.05) is 5.32 Å². The summed E-state index contributed by atoms with van der Waals surface area (Å²) in [5, 5.41) is 11.0. The number of hydrogen-bond donors (Lipinski definition) is 2. The molecule has 0 saturated heterocycles. The Balaban J connectivity index is 3.07. The van der Waals surface area contributed by atoms with E-state index in [9.17, 15) is 27.9 Å². The van der Waals surface area contributed by atoms with Gasteiger partial charge in [-0.15, -0.1) is 0 Å². The smallest absolute Gasteiger partial charge is 0.416 e. The molecule has 1 rings (SSSR count). The van der Waals surface area contributed by atoms with E-state index in [1.165, 1.54) is 6.07 Å². The van der Waals surface area contributed by atoms with Crippen LogP contribution in [-0.2, 0) is 22.1 Å². The minimum absolute atomic E-state index is 0.234. The summed E-state index contributed by atoms with van der Waals surface area (Å²) < 4.78 is 44.1. The lowest BCUT2D eigenvalue weighted by Crippen LogP contribution is -2.45. The van der Waals surface area contributed by atoms with E-state index in [4.69, 9.17) is 16.3 Å². The summed E-state index contributed by atoms with van der Waals surface area (Å²) in [6.07, 6.45) is -6.38. The number of alkyl halides is 3. The lowest BCUT2D eigenvalue weighted by Gasteiger charge is -2.23. The zero-order valence-electron chi connectivity index (χ0n) is 13.2. The Hall–Kier alpha value is -1.96. The van der Waals surface area contributed by atoms with Crippen molar-refractivity contribution >= 4 is 23.7 Å². The number of carbonyl (C=O) groups excluding carboxylic acids is 1. The second kappa shape index (κ2) is 7.29. The number of carbonyl (C=O) groups is 2. The monoisotopic (exact) mass is 367 g/mol. The Morgan fingerprint density at radius 2 is 1.88 bits per heavy atom. The molecule has 0 fully saturated rings. The first-order valence-electron chi connectivity index (χ1n) is 6.88. The molecule has 134 valence electrons. The van der Waals surface area contributed by atoms with E-state index in [2.05, 4.69) is 0 Å². The summed E-state index contributed by atoms with van der Waals surface area (Å²) in [7, 11) is 0. The Kier molecular flexibility index (Phi) is 6.10. The number of ether oxygens (including phenoxy) is 1. The van der Waals surface area contributed by atoms with Gasteiger partial charge >= 0.3 is 18.2 Å². The quantitative estimate of drug-likeness (QED) is 0.846. The SMILES string of the molecule is CC(C)(C)OC(=O)NC(Cc1c(Cl)cccc1C(F)(F)F)C(=O)O. The molecule has 0 aromatic heterocycles. The van der Waals surface area contributed by atoms with E-state index in [1.54, 1.807) is 20.8 Å². The number of alkyl carbamates (subject to hydrolysis) is 1. The zero-order chi connectivity index (χ0) is 18.7. The van der Waals surface area contributed by atoms with Crippen molar-refractivity contribution in [3.05, 3.63) is 34.3 Å². The highest BCUT2D eigenvalue weighted by Gasteiger charge is 2.36. The third kappa shape index (κ3) is 5.92. The first kappa shape index (κ1) is 20.1. The van der Waals surface area contributed by atoms with Crippen molar-refractivity contribution in [2.24, 2.45) is 0 Å². The van der Waals surface area contributed by atoms with Crippen molar-refractivity contribution in [3.63, 3.8) is 0 Å². The third-order valence-corrected chi connectivity index (χ3v) is 3.18. The second-order valence-corrected chi connectivity index (χ2v) is 6.41. The number of carboxylic acid groups (broad SMARTS) is 1. The van der Waals surface area contributed by atoms with Crippen LogP contribution in [0.2, 0.25) is 5.02 Å². The molecule has 1 aromatic rings. The van der Waals surface area contributed by atoms with Crippen molar-refractivity contribution in [3.8, 4) is 0 Å². The van der Waals surface area contributed by atoms with Gasteiger partial charge < -0.3 is 15.2 Å². The van der Waals surface area contributed by atoms with Gasteiger partial charge in [-0.25, -0.2) is 9.59 Å². The molecule has 2 N–H and O–H groups in total. The van der Waals surface area contributed by atoms with Crippen LogP contribution >= 0.6 is 11.6 Å². The highest BCUT2D eigenvalue weighted by Crippen LogP contribution is 2.35. The molecule has 5 nitrogen and oxygen atoms in total. The molecule has 0 aliphatic heterocycles. The molecule has 0 saturated carbocycles. The van der Waals surface area contributed by atoms with Crippen LogP contribution in [0, 0.1) is 0 Å². The summed E-state index contributed by atoms with van der Waals surface area (Å²) in [5.74, 6) is -1.51.